The second-order valence-electron chi connectivity index (χ2n) is 2.28. The molecule has 1 aromatic heterocycles. The van der Waals surface area contributed by atoms with Gasteiger partial charge in [-0.1, -0.05) is 0 Å². The Kier molecular flexibility index (Phi) is 3.47. The highest BCUT2D eigenvalue weighted by atomic mass is 18.2. The molecule has 0 bridgehead atoms. The maximum atomic E-state index is 12.7. The molecular weight excluding hydrogens is 158 g/mol. The lowest BCUT2D eigenvalue weighted by molar-refractivity contribution is 0.293. The van der Waals surface area contributed by atoms with E-state index < -0.39 is 5.95 Å². The molecule has 66 valence electrons. The number of hydrogen-bond acceptors (Lipinski definition) is 3. The molecule has 1 aromatic rings. The highest BCUT2D eigenvalue weighted by Gasteiger charge is 2.00. The van der Waals surface area contributed by atoms with Gasteiger partial charge in [0.15, 0.2) is 5.75 Å². The molecule has 0 spiro atoms. The lowest BCUT2D eigenvalue weighted by atomic mass is 10.4. The quantitative estimate of drug-likeness (QED) is 0.539. The molecule has 1 heterocycles. The van der Waals surface area contributed by atoms with Gasteiger partial charge in [0, 0.05) is 6.20 Å². The highest BCUT2D eigenvalue weighted by molar-refractivity contribution is 5.17. The summed E-state index contributed by atoms with van der Waals surface area (Å²) >= 11 is 0. The second-order valence-corrected chi connectivity index (χ2v) is 2.28. The molecule has 4 heteroatoms. The molecule has 1 rings (SSSR count). The van der Waals surface area contributed by atoms with Gasteiger partial charge in [0.1, 0.15) is 0 Å². The molecular formula is C8H11FN2O. The summed E-state index contributed by atoms with van der Waals surface area (Å²) in [6.45, 7) is 0.973. The van der Waals surface area contributed by atoms with E-state index in [9.17, 15) is 4.39 Å². The van der Waals surface area contributed by atoms with Gasteiger partial charge >= 0.3 is 0 Å². The third kappa shape index (κ3) is 2.47. The van der Waals surface area contributed by atoms with Gasteiger partial charge in [0.25, 0.3) is 5.95 Å². The maximum Gasteiger partial charge on any atom is 0.255 e. The second kappa shape index (κ2) is 4.66. The van der Waals surface area contributed by atoms with E-state index in [1.807, 2.05) is 0 Å². The van der Waals surface area contributed by atoms with Crippen molar-refractivity contribution < 1.29 is 9.13 Å². The molecule has 0 radical (unpaired) electrons. The van der Waals surface area contributed by atoms with Crippen molar-refractivity contribution in [3.8, 4) is 5.75 Å². The number of ether oxygens (including phenoxy) is 1. The third-order valence-corrected chi connectivity index (χ3v) is 1.33. The van der Waals surface area contributed by atoms with Crippen LogP contribution in [0.4, 0.5) is 4.39 Å². The average molecular weight is 169 g/mol. The molecule has 12 heavy (non-hydrogen) atoms. The molecule has 0 fully saturated rings. The minimum Gasteiger partial charge on any atom is -0.489 e. The van der Waals surface area contributed by atoms with Crippen LogP contribution in [-0.4, -0.2) is 18.1 Å². The van der Waals surface area contributed by atoms with E-state index in [1.54, 1.807) is 12.1 Å². The van der Waals surface area contributed by atoms with Gasteiger partial charge in [-0.2, -0.15) is 4.39 Å². The van der Waals surface area contributed by atoms with Gasteiger partial charge in [0.2, 0.25) is 0 Å². The first-order valence-corrected chi connectivity index (χ1v) is 3.78. The Balaban J connectivity index is 2.46. The van der Waals surface area contributed by atoms with Gasteiger partial charge in [-0.05, 0) is 25.1 Å². The topological polar surface area (TPSA) is 48.1 Å². The van der Waals surface area contributed by atoms with Crippen LogP contribution in [-0.2, 0) is 0 Å². The van der Waals surface area contributed by atoms with Crippen LogP contribution in [0.5, 0.6) is 5.75 Å². The lowest BCUT2D eigenvalue weighted by Gasteiger charge is -2.04. The summed E-state index contributed by atoms with van der Waals surface area (Å²) in [5, 5.41) is 0. The Labute approximate surface area is 70.4 Å². The lowest BCUT2D eigenvalue weighted by Crippen LogP contribution is -2.07. The first-order chi connectivity index (χ1) is 5.84. The summed E-state index contributed by atoms with van der Waals surface area (Å²) in [6, 6.07) is 3.17. The molecule has 0 unspecified atom stereocenters. The summed E-state index contributed by atoms with van der Waals surface area (Å²) in [7, 11) is 0. The summed E-state index contributed by atoms with van der Waals surface area (Å²) in [4.78, 5) is 3.43. The molecule has 0 saturated carbocycles. The van der Waals surface area contributed by atoms with Crippen molar-refractivity contribution in [1.82, 2.24) is 4.98 Å². The molecule has 0 aromatic carbocycles. The zero-order valence-corrected chi connectivity index (χ0v) is 6.66. The van der Waals surface area contributed by atoms with Crippen LogP contribution in [0.1, 0.15) is 6.42 Å². The molecule has 2 N–H and O–H groups in total. The monoisotopic (exact) mass is 169 g/mol. The molecule has 0 saturated heterocycles. The van der Waals surface area contributed by atoms with Gasteiger partial charge in [0.05, 0.1) is 6.61 Å². The van der Waals surface area contributed by atoms with Crippen molar-refractivity contribution in [3.05, 3.63) is 24.3 Å². The number of aromatic nitrogens is 1. The summed E-state index contributed by atoms with van der Waals surface area (Å²) < 4.78 is 17.8. The van der Waals surface area contributed by atoms with E-state index in [0.717, 1.165) is 0 Å². The largest absolute Gasteiger partial charge is 0.489 e. The molecule has 0 aliphatic heterocycles. The fourth-order valence-corrected chi connectivity index (χ4v) is 0.744. The fourth-order valence-electron chi connectivity index (χ4n) is 0.744. The van der Waals surface area contributed by atoms with Crippen molar-refractivity contribution >= 4 is 0 Å². The molecule has 0 aliphatic carbocycles. The van der Waals surface area contributed by atoms with Gasteiger partial charge < -0.3 is 10.5 Å². The Hall–Kier alpha value is -1.16. The Morgan fingerprint density at radius 1 is 1.58 bits per heavy atom. The average Bonchev–Trinajstić information content (AvgIpc) is 2.09. The van der Waals surface area contributed by atoms with E-state index in [2.05, 4.69) is 4.98 Å². The standard InChI is InChI=1S/C8H11FN2O/c9-8-7(3-1-5-11-8)12-6-2-4-10/h1,3,5H,2,4,6,10H2/i9-1. The number of hydrogen-bond donors (Lipinski definition) is 1. The predicted octanol–water partition coefficient (Wildman–Crippen LogP) is 0.948. The Morgan fingerprint density at radius 3 is 3.08 bits per heavy atom. The van der Waals surface area contributed by atoms with Crippen molar-refractivity contribution in [2.45, 2.75) is 6.42 Å². The maximum absolute atomic E-state index is 12.7. The van der Waals surface area contributed by atoms with Crippen molar-refractivity contribution in [1.29, 1.82) is 0 Å². The van der Waals surface area contributed by atoms with E-state index in [-0.39, 0.29) is 5.75 Å². The molecule has 0 amide bonds. The SMILES string of the molecule is NCCCOc1cccnc1[18F]. The van der Waals surface area contributed by atoms with Crippen LogP contribution in [0.3, 0.4) is 0 Å². The normalized spacial score (nSPS) is 9.83. The van der Waals surface area contributed by atoms with E-state index in [4.69, 9.17) is 10.5 Å². The van der Waals surface area contributed by atoms with Crippen LogP contribution in [0.2, 0.25) is 0 Å². The molecule has 0 aliphatic rings. The zero-order valence-electron chi connectivity index (χ0n) is 6.66. The van der Waals surface area contributed by atoms with E-state index in [0.29, 0.717) is 19.6 Å². The fraction of sp³-hybridized carbons (Fsp3) is 0.375. The Morgan fingerprint density at radius 2 is 2.42 bits per heavy atom. The van der Waals surface area contributed by atoms with Gasteiger partial charge in [-0.3, -0.25) is 0 Å². The van der Waals surface area contributed by atoms with Crippen molar-refractivity contribution in [2.75, 3.05) is 13.2 Å². The zero-order chi connectivity index (χ0) is 8.81. The van der Waals surface area contributed by atoms with Crippen molar-refractivity contribution in [2.24, 2.45) is 5.73 Å². The minimum atomic E-state index is -0.575. The summed E-state index contributed by atoms with van der Waals surface area (Å²) in [5.74, 6) is -0.388. The summed E-state index contributed by atoms with van der Waals surface area (Å²) in [6.07, 6.45) is 2.10. The predicted molar refractivity (Wildman–Crippen MR) is 43.4 cm³/mol. The number of pyridine rings is 1. The van der Waals surface area contributed by atoms with E-state index >= 15 is 0 Å². The number of halogens is 1. The van der Waals surface area contributed by atoms with Gasteiger partial charge in [-0.25, -0.2) is 4.98 Å². The first kappa shape index (κ1) is 8.93. The van der Waals surface area contributed by atoms with Gasteiger partial charge in [-0.15, -0.1) is 0 Å². The van der Waals surface area contributed by atoms with Crippen LogP contribution >= 0.6 is 0 Å². The molecule has 0 atom stereocenters. The summed E-state index contributed by atoms with van der Waals surface area (Å²) in [5.41, 5.74) is 5.24. The van der Waals surface area contributed by atoms with Crippen LogP contribution < -0.4 is 10.5 Å². The third-order valence-electron chi connectivity index (χ3n) is 1.33. The van der Waals surface area contributed by atoms with Crippen LogP contribution in [0, 0.1) is 5.95 Å². The number of nitrogens with two attached hydrogens (primary N) is 1. The van der Waals surface area contributed by atoms with Crippen molar-refractivity contribution in [3.63, 3.8) is 0 Å². The smallest absolute Gasteiger partial charge is 0.255 e. The first-order valence-electron chi connectivity index (χ1n) is 3.78. The minimum absolute atomic E-state index is 0.186. The number of nitrogens with zero attached hydrogens (tertiary/aromatic N) is 1. The Bertz CT molecular complexity index is 242. The highest BCUT2D eigenvalue weighted by Crippen LogP contribution is 2.12. The van der Waals surface area contributed by atoms with Crippen LogP contribution in [0.25, 0.3) is 0 Å². The van der Waals surface area contributed by atoms with E-state index in [1.165, 1.54) is 6.20 Å². The number of rotatable bonds is 4. The van der Waals surface area contributed by atoms with Crippen LogP contribution in [0.15, 0.2) is 18.3 Å². The molecule has 3 nitrogen and oxygen atoms in total.